The molecule has 2 aromatic rings. The number of rotatable bonds is 3. The highest BCUT2D eigenvalue weighted by Gasteiger charge is 2.15. The highest BCUT2D eigenvalue weighted by atomic mass is 16.5. The summed E-state index contributed by atoms with van der Waals surface area (Å²) in [4.78, 5) is 14.8. The van der Waals surface area contributed by atoms with Crippen molar-refractivity contribution < 1.29 is 14.6 Å². The zero-order chi connectivity index (χ0) is 15.6. The molecule has 0 bridgehead atoms. The van der Waals surface area contributed by atoms with Gasteiger partial charge >= 0.3 is 5.97 Å². The van der Waals surface area contributed by atoms with Gasteiger partial charge in [0.2, 0.25) is 5.88 Å². The largest absolute Gasteiger partial charge is 0.478 e. The van der Waals surface area contributed by atoms with Crippen LogP contribution >= 0.6 is 0 Å². The lowest BCUT2D eigenvalue weighted by atomic mass is 9.86. The van der Waals surface area contributed by atoms with Crippen LogP contribution in [0.3, 0.4) is 0 Å². The van der Waals surface area contributed by atoms with E-state index in [1.165, 1.54) is 17.8 Å². The molecule has 0 unspecified atom stereocenters. The van der Waals surface area contributed by atoms with Crippen molar-refractivity contribution in [3.63, 3.8) is 0 Å². The standard InChI is InChI=1S/C17H19NO3/c1-11-9-13(17(2,3)4)6-7-14(11)21-15-8-5-12(10-18-15)16(19)20/h5-10H,1-4H3,(H,19,20). The Kier molecular flexibility index (Phi) is 3.98. The maximum Gasteiger partial charge on any atom is 0.337 e. The maximum absolute atomic E-state index is 10.8. The summed E-state index contributed by atoms with van der Waals surface area (Å²) < 4.78 is 5.71. The quantitative estimate of drug-likeness (QED) is 0.919. The smallest absolute Gasteiger partial charge is 0.337 e. The molecule has 1 aromatic heterocycles. The fourth-order valence-corrected chi connectivity index (χ4v) is 1.91. The van der Waals surface area contributed by atoms with Gasteiger partial charge in [0.25, 0.3) is 0 Å². The van der Waals surface area contributed by atoms with Crippen molar-refractivity contribution in [1.82, 2.24) is 4.98 Å². The van der Waals surface area contributed by atoms with Gasteiger partial charge in [-0.3, -0.25) is 0 Å². The Labute approximate surface area is 124 Å². The monoisotopic (exact) mass is 285 g/mol. The molecule has 2 rings (SSSR count). The molecule has 4 heteroatoms. The van der Waals surface area contributed by atoms with Crippen LogP contribution < -0.4 is 4.74 Å². The van der Waals surface area contributed by atoms with Crippen LogP contribution in [0, 0.1) is 6.92 Å². The van der Waals surface area contributed by atoms with Crippen LogP contribution in [0.5, 0.6) is 11.6 Å². The van der Waals surface area contributed by atoms with E-state index >= 15 is 0 Å². The summed E-state index contributed by atoms with van der Waals surface area (Å²) in [5.74, 6) is 0.102. The SMILES string of the molecule is Cc1cc(C(C)(C)C)ccc1Oc1ccc(C(=O)O)cn1. The molecule has 1 aromatic carbocycles. The van der Waals surface area contributed by atoms with Crippen LogP contribution in [-0.4, -0.2) is 16.1 Å². The topological polar surface area (TPSA) is 59.4 Å². The number of hydrogen-bond donors (Lipinski definition) is 1. The average Bonchev–Trinajstić information content (AvgIpc) is 2.40. The van der Waals surface area contributed by atoms with Crippen molar-refractivity contribution in [3.8, 4) is 11.6 Å². The molecule has 0 atom stereocenters. The first-order valence-electron chi connectivity index (χ1n) is 6.76. The first-order valence-corrected chi connectivity index (χ1v) is 6.76. The van der Waals surface area contributed by atoms with Crippen molar-refractivity contribution in [1.29, 1.82) is 0 Å². The summed E-state index contributed by atoms with van der Waals surface area (Å²) in [6, 6.07) is 9.09. The van der Waals surface area contributed by atoms with Crippen LogP contribution in [0.15, 0.2) is 36.5 Å². The van der Waals surface area contributed by atoms with Gasteiger partial charge in [-0.2, -0.15) is 0 Å². The molecule has 110 valence electrons. The van der Waals surface area contributed by atoms with Crippen LogP contribution in [-0.2, 0) is 5.41 Å². The summed E-state index contributed by atoms with van der Waals surface area (Å²) in [7, 11) is 0. The molecule has 0 aliphatic carbocycles. The van der Waals surface area contributed by atoms with Gasteiger partial charge in [0.15, 0.2) is 0 Å². The van der Waals surface area contributed by atoms with Gasteiger partial charge in [-0.05, 0) is 35.6 Å². The van der Waals surface area contributed by atoms with Crippen LogP contribution in [0.4, 0.5) is 0 Å². The van der Waals surface area contributed by atoms with Crippen LogP contribution in [0.25, 0.3) is 0 Å². The van der Waals surface area contributed by atoms with E-state index in [2.05, 4.69) is 31.8 Å². The minimum Gasteiger partial charge on any atom is -0.478 e. The predicted molar refractivity (Wildman–Crippen MR) is 81.1 cm³/mol. The maximum atomic E-state index is 10.8. The minimum absolute atomic E-state index is 0.0880. The van der Waals surface area contributed by atoms with E-state index in [0.717, 1.165) is 11.3 Å². The van der Waals surface area contributed by atoms with Crippen molar-refractivity contribution in [2.24, 2.45) is 0 Å². The average molecular weight is 285 g/mol. The van der Waals surface area contributed by atoms with Gasteiger partial charge < -0.3 is 9.84 Å². The van der Waals surface area contributed by atoms with Crippen LogP contribution in [0.2, 0.25) is 0 Å². The number of hydrogen-bond acceptors (Lipinski definition) is 3. The molecule has 0 amide bonds. The Morgan fingerprint density at radius 1 is 1.19 bits per heavy atom. The lowest BCUT2D eigenvalue weighted by Crippen LogP contribution is -2.11. The van der Waals surface area contributed by atoms with E-state index in [9.17, 15) is 4.79 Å². The van der Waals surface area contributed by atoms with E-state index < -0.39 is 5.97 Å². The first-order chi connectivity index (χ1) is 9.77. The number of nitrogens with zero attached hydrogens (tertiary/aromatic N) is 1. The Morgan fingerprint density at radius 2 is 1.90 bits per heavy atom. The molecule has 0 fully saturated rings. The third-order valence-electron chi connectivity index (χ3n) is 3.24. The van der Waals surface area contributed by atoms with Gasteiger partial charge in [-0.25, -0.2) is 9.78 Å². The second-order valence-electron chi connectivity index (χ2n) is 6.02. The molecule has 0 aliphatic heterocycles. The van der Waals surface area contributed by atoms with Crippen molar-refractivity contribution in [2.75, 3.05) is 0 Å². The third-order valence-corrected chi connectivity index (χ3v) is 3.24. The second kappa shape index (κ2) is 5.56. The van der Waals surface area contributed by atoms with E-state index in [0.29, 0.717) is 5.88 Å². The molecule has 0 spiro atoms. The molecule has 21 heavy (non-hydrogen) atoms. The zero-order valence-electron chi connectivity index (χ0n) is 12.7. The zero-order valence-corrected chi connectivity index (χ0v) is 12.7. The van der Waals surface area contributed by atoms with E-state index in [1.54, 1.807) is 6.07 Å². The Hall–Kier alpha value is -2.36. The number of ether oxygens (including phenoxy) is 1. The molecule has 0 saturated carbocycles. The van der Waals surface area contributed by atoms with Crippen molar-refractivity contribution in [2.45, 2.75) is 33.1 Å². The number of aromatic nitrogens is 1. The highest BCUT2D eigenvalue weighted by Crippen LogP contribution is 2.29. The highest BCUT2D eigenvalue weighted by molar-refractivity contribution is 5.87. The Bertz CT molecular complexity index is 655. The van der Waals surface area contributed by atoms with E-state index in [4.69, 9.17) is 9.84 Å². The fraction of sp³-hybridized carbons (Fsp3) is 0.294. The summed E-state index contributed by atoms with van der Waals surface area (Å²) in [6.07, 6.45) is 1.29. The summed E-state index contributed by atoms with van der Waals surface area (Å²) >= 11 is 0. The second-order valence-corrected chi connectivity index (χ2v) is 6.02. The predicted octanol–water partition coefficient (Wildman–Crippen LogP) is 4.18. The summed E-state index contributed by atoms with van der Waals surface area (Å²) in [6.45, 7) is 8.47. The number of pyridine rings is 1. The summed E-state index contributed by atoms with van der Waals surface area (Å²) in [5, 5.41) is 8.84. The fourth-order valence-electron chi connectivity index (χ4n) is 1.91. The van der Waals surface area contributed by atoms with Gasteiger partial charge in [-0.1, -0.05) is 32.9 Å². The van der Waals surface area contributed by atoms with E-state index in [1.807, 2.05) is 19.1 Å². The lowest BCUT2D eigenvalue weighted by molar-refractivity contribution is 0.0696. The van der Waals surface area contributed by atoms with Gasteiger partial charge in [0.05, 0.1) is 5.56 Å². The first kappa shape index (κ1) is 15.0. The van der Waals surface area contributed by atoms with Gasteiger partial charge in [-0.15, -0.1) is 0 Å². The Balaban J connectivity index is 2.22. The number of aryl methyl sites for hydroxylation is 1. The third kappa shape index (κ3) is 3.60. The van der Waals surface area contributed by atoms with Gasteiger partial charge in [0, 0.05) is 12.3 Å². The lowest BCUT2D eigenvalue weighted by Gasteiger charge is -2.20. The van der Waals surface area contributed by atoms with Crippen LogP contribution in [0.1, 0.15) is 42.3 Å². The number of carboxylic acids is 1. The number of aromatic carboxylic acids is 1. The molecule has 0 aliphatic rings. The minimum atomic E-state index is -1.00. The molecule has 1 heterocycles. The molecule has 0 radical (unpaired) electrons. The Morgan fingerprint density at radius 3 is 2.38 bits per heavy atom. The normalized spacial score (nSPS) is 11.2. The molecule has 0 saturated heterocycles. The molecule has 1 N–H and O–H groups in total. The molecule has 4 nitrogen and oxygen atoms in total. The number of carboxylic acid groups (broad SMARTS) is 1. The van der Waals surface area contributed by atoms with E-state index in [-0.39, 0.29) is 11.0 Å². The van der Waals surface area contributed by atoms with Gasteiger partial charge in [0.1, 0.15) is 5.75 Å². The number of benzene rings is 1. The van der Waals surface area contributed by atoms with Crippen molar-refractivity contribution in [3.05, 3.63) is 53.2 Å². The molecular formula is C17H19NO3. The number of carbonyl (C=O) groups is 1. The van der Waals surface area contributed by atoms with Crippen molar-refractivity contribution >= 4 is 5.97 Å². The summed E-state index contributed by atoms with van der Waals surface area (Å²) in [5.41, 5.74) is 2.49. The molecular weight excluding hydrogens is 266 g/mol.